The molecule has 0 bridgehead atoms. The lowest BCUT2D eigenvalue weighted by molar-refractivity contribution is -0.137. The molecule has 1 saturated carbocycles. The van der Waals surface area contributed by atoms with E-state index in [0.717, 1.165) is 51.0 Å². The van der Waals surface area contributed by atoms with Crippen molar-refractivity contribution in [2.24, 2.45) is 5.92 Å². The first-order valence-electron chi connectivity index (χ1n) is 14.2. The molecular weight excluding hydrogens is 574 g/mol. The summed E-state index contributed by atoms with van der Waals surface area (Å²) in [5, 5.41) is 14.3. The van der Waals surface area contributed by atoms with E-state index in [-0.39, 0.29) is 12.2 Å². The quantitative estimate of drug-likeness (QED) is 0.189. The van der Waals surface area contributed by atoms with Gasteiger partial charge in [0.2, 0.25) is 0 Å². The van der Waals surface area contributed by atoms with Crippen molar-refractivity contribution in [3.8, 4) is 22.8 Å². The Balaban J connectivity index is 1.54. The van der Waals surface area contributed by atoms with Crippen LogP contribution in [0.4, 0.5) is 5.13 Å². The summed E-state index contributed by atoms with van der Waals surface area (Å²) in [6, 6.07) is 9.22. The summed E-state index contributed by atoms with van der Waals surface area (Å²) in [5.41, 5.74) is 4.35. The molecule has 0 atom stereocenters. The lowest BCUT2D eigenvalue weighted by Crippen LogP contribution is -2.20. The van der Waals surface area contributed by atoms with Crippen LogP contribution in [0.25, 0.3) is 22.2 Å². The Labute approximate surface area is 254 Å². The number of fused-ring (bicyclic) bond motifs is 1. The van der Waals surface area contributed by atoms with Crippen molar-refractivity contribution in [2.75, 3.05) is 19.5 Å². The predicted molar refractivity (Wildman–Crippen MR) is 168 cm³/mol. The van der Waals surface area contributed by atoms with Gasteiger partial charge in [-0.3, -0.25) is 14.9 Å². The zero-order valence-corrected chi connectivity index (χ0v) is 26.0. The molecule has 10 heteroatoms. The Bertz CT molecular complexity index is 1640. The second-order valence-electron chi connectivity index (χ2n) is 10.9. The summed E-state index contributed by atoms with van der Waals surface area (Å²) in [5.74, 6) is 0.314. The minimum atomic E-state index is -1.02. The average Bonchev–Trinajstić information content (AvgIpc) is 3.56. The number of aliphatic carboxylic acids is 1. The number of anilines is 1. The maximum atomic E-state index is 13.7. The molecule has 222 valence electrons. The number of amides is 1. The van der Waals surface area contributed by atoms with Gasteiger partial charge in [-0.2, -0.15) is 0 Å². The highest BCUT2D eigenvalue weighted by Gasteiger charge is 2.24. The topological polar surface area (TPSA) is 103 Å². The third kappa shape index (κ3) is 6.13. The predicted octanol–water partition coefficient (Wildman–Crippen LogP) is 7.90. The van der Waals surface area contributed by atoms with Crippen molar-refractivity contribution in [1.29, 1.82) is 0 Å². The number of thiazole rings is 1. The van der Waals surface area contributed by atoms with Gasteiger partial charge < -0.3 is 19.1 Å². The van der Waals surface area contributed by atoms with E-state index in [4.69, 9.17) is 26.1 Å². The van der Waals surface area contributed by atoms with E-state index in [0.29, 0.717) is 27.6 Å². The van der Waals surface area contributed by atoms with Crippen LogP contribution in [0.3, 0.4) is 0 Å². The normalized spacial score (nSPS) is 13.8. The Kier molecular flexibility index (Phi) is 9.08. The number of benzene rings is 2. The van der Waals surface area contributed by atoms with Gasteiger partial charge >= 0.3 is 5.97 Å². The van der Waals surface area contributed by atoms with Gasteiger partial charge in [0.05, 0.1) is 30.5 Å². The number of ether oxygens (including phenoxy) is 2. The maximum Gasteiger partial charge on any atom is 0.323 e. The minimum absolute atomic E-state index is 0.274. The highest BCUT2D eigenvalue weighted by Crippen LogP contribution is 2.43. The first-order valence-corrected chi connectivity index (χ1v) is 15.4. The van der Waals surface area contributed by atoms with Crippen molar-refractivity contribution in [3.63, 3.8) is 0 Å². The molecule has 2 N–H and O–H groups in total. The first kappa shape index (κ1) is 29.9. The highest BCUT2D eigenvalue weighted by atomic mass is 35.5. The smallest absolute Gasteiger partial charge is 0.323 e. The number of nitrogens with zero attached hydrogens (tertiary/aromatic N) is 2. The van der Waals surface area contributed by atoms with Crippen molar-refractivity contribution in [1.82, 2.24) is 9.55 Å². The Morgan fingerprint density at radius 3 is 2.48 bits per heavy atom. The monoisotopic (exact) mass is 609 g/mol. The molecule has 1 amide bonds. The fourth-order valence-corrected chi connectivity index (χ4v) is 7.20. The molecular formula is C32H36ClN3O5S. The van der Waals surface area contributed by atoms with Crippen LogP contribution in [0.2, 0.25) is 5.02 Å². The maximum absolute atomic E-state index is 13.7. The molecule has 2 aromatic heterocycles. The summed E-state index contributed by atoms with van der Waals surface area (Å²) in [6.45, 7) is 3.55. The van der Waals surface area contributed by atoms with E-state index < -0.39 is 11.9 Å². The molecule has 42 heavy (non-hydrogen) atoms. The van der Waals surface area contributed by atoms with Crippen LogP contribution in [-0.4, -0.2) is 40.8 Å². The SMILES string of the molecule is COc1cc(-c2nc(NC(=O)c3cc4c(C)ccc(C)c4n3CC(=O)O)sc2CCC2CCCCC2)c(OC)cc1Cl. The Morgan fingerprint density at radius 2 is 1.79 bits per heavy atom. The summed E-state index contributed by atoms with van der Waals surface area (Å²) >= 11 is 7.83. The van der Waals surface area contributed by atoms with E-state index in [1.807, 2.05) is 32.0 Å². The molecule has 1 fully saturated rings. The van der Waals surface area contributed by atoms with Gasteiger partial charge in [0.15, 0.2) is 5.13 Å². The number of hydrogen-bond donors (Lipinski definition) is 2. The minimum Gasteiger partial charge on any atom is -0.496 e. The summed E-state index contributed by atoms with van der Waals surface area (Å²) in [7, 11) is 3.15. The van der Waals surface area contributed by atoms with Gasteiger partial charge in [-0.15, -0.1) is 11.3 Å². The highest BCUT2D eigenvalue weighted by molar-refractivity contribution is 7.16. The number of aryl methyl sites for hydroxylation is 3. The molecule has 0 unspecified atom stereocenters. The van der Waals surface area contributed by atoms with E-state index >= 15 is 0 Å². The van der Waals surface area contributed by atoms with Gasteiger partial charge in [0.1, 0.15) is 23.7 Å². The number of rotatable bonds is 10. The molecule has 5 rings (SSSR count). The number of carbonyl (C=O) groups excluding carboxylic acids is 1. The number of aromatic nitrogens is 2. The standard InChI is InChI=1S/C32H36ClN3O5S/c1-18-10-11-19(2)30-21(18)14-24(36(30)17-28(37)38)31(39)35-32-34-29(22-15-26(41-4)23(33)16-25(22)40-3)27(42-32)13-12-20-8-6-5-7-9-20/h10-11,14-16,20H,5-9,12-13,17H2,1-4H3,(H,37,38)(H,34,35,39). The van der Waals surface area contributed by atoms with Crippen molar-refractivity contribution < 1.29 is 24.2 Å². The van der Waals surface area contributed by atoms with Gasteiger partial charge in [-0.05, 0) is 55.9 Å². The Morgan fingerprint density at radius 1 is 1.07 bits per heavy atom. The van der Waals surface area contributed by atoms with E-state index in [9.17, 15) is 14.7 Å². The zero-order chi connectivity index (χ0) is 30.0. The third-order valence-electron chi connectivity index (χ3n) is 8.16. The number of carboxylic acids is 1. The zero-order valence-electron chi connectivity index (χ0n) is 24.4. The van der Waals surface area contributed by atoms with Crippen LogP contribution in [0.1, 0.15) is 65.0 Å². The molecule has 8 nitrogen and oxygen atoms in total. The van der Waals surface area contributed by atoms with E-state index in [1.165, 1.54) is 43.4 Å². The second kappa shape index (κ2) is 12.8. The van der Waals surface area contributed by atoms with E-state index in [2.05, 4.69) is 5.32 Å². The number of halogens is 1. The molecule has 0 aliphatic heterocycles. The van der Waals surface area contributed by atoms with Crippen LogP contribution in [0.5, 0.6) is 11.5 Å². The van der Waals surface area contributed by atoms with Gasteiger partial charge in [-0.1, -0.05) is 55.8 Å². The fraction of sp³-hybridized carbons (Fsp3) is 0.406. The third-order valence-corrected chi connectivity index (χ3v) is 9.48. The molecule has 0 radical (unpaired) electrons. The number of nitrogens with one attached hydrogen (secondary N) is 1. The van der Waals surface area contributed by atoms with Crippen LogP contribution >= 0.6 is 22.9 Å². The van der Waals surface area contributed by atoms with Gasteiger partial charge in [-0.25, -0.2) is 4.98 Å². The summed E-state index contributed by atoms with van der Waals surface area (Å²) in [6.07, 6.45) is 8.18. The molecule has 4 aromatic rings. The number of methoxy groups -OCH3 is 2. The van der Waals surface area contributed by atoms with E-state index in [1.54, 1.807) is 30.9 Å². The molecule has 0 saturated heterocycles. The van der Waals surface area contributed by atoms with Gasteiger partial charge in [0, 0.05) is 21.9 Å². The summed E-state index contributed by atoms with van der Waals surface area (Å²) < 4.78 is 12.7. The first-order chi connectivity index (χ1) is 20.2. The second-order valence-corrected chi connectivity index (χ2v) is 12.4. The lowest BCUT2D eigenvalue weighted by Gasteiger charge is -2.21. The molecule has 2 aromatic carbocycles. The average molecular weight is 610 g/mol. The van der Waals surface area contributed by atoms with Crippen LogP contribution in [0, 0.1) is 19.8 Å². The lowest BCUT2D eigenvalue weighted by atomic mass is 9.86. The van der Waals surface area contributed by atoms with Crippen molar-refractivity contribution in [2.45, 2.75) is 65.3 Å². The van der Waals surface area contributed by atoms with Crippen LogP contribution < -0.4 is 14.8 Å². The number of hydrogen-bond acceptors (Lipinski definition) is 6. The Hall–Kier alpha value is -3.56. The van der Waals surface area contributed by atoms with Crippen molar-refractivity contribution in [3.05, 3.63) is 57.1 Å². The summed E-state index contributed by atoms with van der Waals surface area (Å²) in [4.78, 5) is 31.4. The molecule has 1 aliphatic rings. The van der Waals surface area contributed by atoms with Crippen LogP contribution in [-0.2, 0) is 17.8 Å². The largest absolute Gasteiger partial charge is 0.496 e. The number of carboxylic acid groups (broad SMARTS) is 1. The molecule has 1 aliphatic carbocycles. The van der Waals surface area contributed by atoms with Crippen molar-refractivity contribution >= 4 is 50.8 Å². The number of carbonyl (C=O) groups is 2. The van der Waals surface area contributed by atoms with Gasteiger partial charge in [0.25, 0.3) is 5.91 Å². The molecule has 2 heterocycles. The fourth-order valence-electron chi connectivity index (χ4n) is 5.98. The van der Waals surface area contributed by atoms with Crippen LogP contribution in [0.15, 0.2) is 30.3 Å². The molecule has 0 spiro atoms.